The topological polar surface area (TPSA) is 72.5 Å². The lowest BCUT2D eigenvalue weighted by molar-refractivity contribution is -0.115. The number of amides is 1. The zero-order valence-corrected chi connectivity index (χ0v) is 14.0. The Morgan fingerprint density at radius 3 is 2.26 bits per heavy atom. The minimum atomic E-state index is -3.52. The number of carbonyl (C=O) groups excluding carboxylic acids is 1. The maximum absolute atomic E-state index is 12.2. The van der Waals surface area contributed by atoms with Crippen molar-refractivity contribution in [3.8, 4) is 5.75 Å². The number of nitrogens with one attached hydrogen (secondary N) is 1. The monoisotopic (exact) mass is 353 g/mol. The number of ether oxygens (including phenoxy) is 1. The summed E-state index contributed by atoms with van der Waals surface area (Å²) in [6.45, 7) is 0. The number of anilines is 1. The minimum absolute atomic E-state index is 0.128. The average Bonchev–Trinajstić information content (AvgIpc) is 2.55. The molecule has 5 nitrogen and oxygen atoms in total. The Balaban J connectivity index is 1.95. The molecule has 0 aliphatic rings. The largest absolute Gasteiger partial charge is 0.497 e. The molecule has 0 aromatic heterocycles. The van der Waals surface area contributed by atoms with Gasteiger partial charge in [0.2, 0.25) is 5.91 Å². The van der Waals surface area contributed by atoms with Crippen LogP contribution in [0.3, 0.4) is 0 Å². The molecule has 0 heterocycles. The summed E-state index contributed by atoms with van der Waals surface area (Å²) in [5, 5.41) is 3.19. The third-order valence-electron chi connectivity index (χ3n) is 3.14. The van der Waals surface area contributed by atoms with Crippen LogP contribution in [0.1, 0.15) is 6.42 Å². The fourth-order valence-corrected chi connectivity index (χ4v) is 3.25. The van der Waals surface area contributed by atoms with Crippen LogP contribution in [-0.2, 0) is 14.6 Å². The van der Waals surface area contributed by atoms with E-state index in [1.165, 1.54) is 19.2 Å². The van der Waals surface area contributed by atoms with Crippen molar-refractivity contribution in [1.29, 1.82) is 0 Å². The van der Waals surface area contributed by atoms with Crippen LogP contribution in [0.15, 0.2) is 53.4 Å². The predicted octanol–water partition coefficient (Wildman–Crippen LogP) is 3.15. The Hall–Kier alpha value is -2.05. The van der Waals surface area contributed by atoms with Crippen LogP contribution >= 0.6 is 11.6 Å². The van der Waals surface area contributed by atoms with Crippen LogP contribution in [-0.4, -0.2) is 27.2 Å². The standard InChI is InChI=1S/C16H16ClNO4S/c1-22-14-6-8-15(9-7-14)23(20,21)11-10-16(19)18-13-4-2-12(17)3-5-13/h2-9H,10-11H2,1H3,(H,18,19). The minimum Gasteiger partial charge on any atom is -0.497 e. The summed E-state index contributed by atoms with van der Waals surface area (Å²) in [7, 11) is -2.01. The van der Waals surface area contributed by atoms with E-state index in [9.17, 15) is 13.2 Å². The Kier molecular flexibility index (Phi) is 5.63. The molecule has 0 saturated heterocycles. The molecular formula is C16H16ClNO4S. The number of hydrogen-bond acceptors (Lipinski definition) is 4. The van der Waals surface area contributed by atoms with E-state index in [1.54, 1.807) is 36.4 Å². The number of methoxy groups -OCH3 is 1. The second-order valence-corrected chi connectivity index (χ2v) is 7.35. The summed E-state index contributed by atoms with van der Waals surface area (Å²) >= 11 is 5.76. The van der Waals surface area contributed by atoms with Crippen molar-refractivity contribution in [2.75, 3.05) is 18.2 Å². The number of hydrogen-bond donors (Lipinski definition) is 1. The molecule has 0 aliphatic carbocycles. The van der Waals surface area contributed by atoms with Gasteiger partial charge in [0.1, 0.15) is 5.75 Å². The average molecular weight is 354 g/mol. The van der Waals surface area contributed by atoms with Crippen molar-refractivity contribution in [3.63, 3.8) is 0 Å². The predicted molar refractivity (Wildman–Crippen MR) is 89.7 cm³/mol. The van der Waals surface area contributed by atoms with Gasteiger partial charge in [-0.05, 0) is 48.5 Å². The van der Waals surface area contributed by atoms with Crippen molar-refractivity contribution >= 4 is 33.0 Å². The molecule has 0 unspecified atom stereocenters. The highest BCUT2D eigenvalue weighted by Gasteiger charge is 2.16. The molecule has 2 aromatic carbocycles. The zero-order chi connectivity index (χ0) is 16.9. The second-order valence-electron chi connectivity index (χ2n) is 4.80. The van der Waals surface area contributed by atoms with Crippen LogP contribution < -0.4 is 10.1 Å². The van der Waals surface area contributed by atoms with Gasteiger partial charge in [-0.25, -0.2) is 8.42 Å². The van der Waals surface area contributed by atoms with Crippen LogP contribution in [0.2, 0.25) is 5.02 Å². The van der Waals surface area contributed by atoms with Crippen molar-refractivity contribution in [3.05, 3.63) is 53.6 Å². The lowest BCUT2D eigenvalue weighted by Gasteiger charge is -2.07. The van der Waals surface area contributed by atoms with Crippen molar-refractivity contribution < 1.29 is 17.9 Å². The number of benzene rings is 2. The molecular weight excluding hydrogens is 338 g/mol. The van der Waals surface area contributed by atoms with Crippen molar-refractivity contribution in [2.45, 2.75) is 11.3 Å². The van der Waals surface area contributed by atoms with Crippen molar-refractivity contribution in [2.24, 2.45) is 0 Å². The van der Waals surface area contributed by atoms with Gasteiger partial charge in [0.25, 0.3) is 0 Å². The van der Waals surface area contributed by atoms with Gasteiger partial charge >= 0.3 is 0 Å². The molecule has 0 radical (unpaired) electrons. The summed E-state index contributed by atoms with van der Waals surface area (Å²) in [5.74, 6) is -0.0625. The van der Waals surface area contributed by atoms with E-state index in [0.29, 0.717) is 16.5 Å². The van der Waals surface area contributed by atoms with E-state index in [-0.39, 0.29) is 23.0 Å². The number of sulfone groups is 1. The smallest absolute Gasteiger partial charge is 0.225 e. The number of carbonyl (C=O) groups is 1. The molecule has 0 saturated carbocycles. The summed E-state index contributed by atoms with van der Waals surface area (Å²) < 4.78 is 29.4. The first-order valence-electron chi connectivity index (χ1n) is 6.83. The fraction of sp³-hybridized carbons (Fsp3) is 0.188. The SMILES string of the molecule is COc1ccc(S(=O)(=O)CCC(=O)Nc2ccc(Cl)cc2)cc1. The Bertz CT molecular complexity index is 771. The molecule has 122 valence electrons. The van der Waals surface area contributed by atoms with Gasteiger partial charge in [-0.15, -0.1) is 0 Å². The first-order valence-corrected chi connectivity index (χ1v) is 8.86. The molecule has 1 N–H and O–H groups in total. The lowest BCUT2D eigenvalue weighted by Crippen LogP contribution is -2.17. The molecule has 0 fully saturated rings. The first kappa shape index (κ1) is 17.3. The van der Waals surface area contributed by atoms with Gasteiger partial charge in [0, 0.05) is 17.1 Å². The molecule has 0 spiro atoms. The molecule has 23 heavy (non-hydrogen) atoms. The highest BCUT2D eigenvalue weighted by atomic mass is 35.5. The van der Waals surface area contributed by atoms with Crippen LogP contribution in [0.4, 0.5) is 5.69 Å². The quantitative estimate of drug-likeness (QED) is 0.865. The molecule has 0 aliphatic heterocycles. The Labute approximate surface area is 140 Å². The fourth-order valence-electron chi connectivity index (χ4n) is 1.88. The summed E-state index contributed by atoms with van der Waals surface area (Å²) in [6.07, 6.45) is -0.128. The summed E-state index contributed by atoms with van der Waals surface area (Å²) in [6, 6.07) is 12.7. The maximum Gasteiger partial charge on any atom is 0.225 e. The zero-order valence-electron chi connectivity index (χ0n) is 12.5. The number of rotatable bonds is 6. The van der Waals surface area contributed by atoms with Gasteiger partial charge in [0.15, 0.2) is 9.84 Å². The first-order chi connectivity index (χ1) is 10.9. The van der Waals surface area contributed by atoms with Crippen LogP contribution in [0.5, 0.6) is 5.75 Å². The highest BCUT2D eigenvalue weighted by Crippen LogP contribution is 2.18. The molecule has 7 heteroatoms. The third-order valence-corrected chi connectivity index (χ3v) is 5.13. The van der Waals surface area contributed by atoms with E-state index in [4.69, 9.17) is 16.3 Å². The van der Waals surface area contributed by atoms with E-state index < -0.39 is 9.84 Å². The van der Waals surface area contributed by atoms with Crippen molar-refractivity contribution in [1.82, 2.24) is 0 Å². The van der Waals surface area contributed by atoms with Gasteiger partial charge in [-0.2, -0.15) is 0 Å². The van der Waals surface area contributed by atoms with E-state index >= 15 is 0 Å². The summed E-state index contributed by atoms with van der Waals surface area (Å²) in [5.41, 5.74) is 0.571. The van der Waals surface area contributed by atoms with E-state index in [2.05, 4.69) is 5.32 Å². The maximum atomic E-state index is 12.2. The third kappa shape index (κ3) is 4.97. The van der Waals surface area contributed by atoms with Crippen LogP contribution in [0, 0.1) is 0 Å². The molecule has 0 bridgehead atoms. The summed E-state index contributed by atoms with van der Waals surface area (Å²) in [4.78, 5) is 12.0. The molecule has 0 atom stereocenters. The Morgan fingerprint density at radius 2 is 1.70 bits per heavy atom. The lowest BCUT2D eigenvalue weighted by atomic mass is 10.3. The van der Waals surface area contributed by atoms with Gasteiger partial charge in [0.05, 0.1) is 17.8 Å². The molecule has 1 amide bonds. The van der Waals surface area contributed by atoms with Gasteiger partial charge < -0.3 is 10.1 Å². The number of halogens is 1. The molecule has 2 rings (SSSR count). The normalized spacial score (nSPS) is 11.0. The van der Waals surface area contributed by atoms with E-state index in [1.807, 2.05) is 0 Å². The second kappa shape index (κ2) is 7.48. The van der Waals surface area contributed by atoms with Crippen LogP contribution in [0.25, 0.3) is 0 Å². The Morgan fingerprint density at radius 1 is 1.09 bits per heavy atom. The highest BCUT2D eigenvalue weighted by molar-refractivity contribution is 7.91. The molecule has 2 aromatic rings. The van der Waals surface area contributed by atoms with E-state index in [0.717, 1.165) is 0 Å². The van der Waals surface area contributed by atoms with Gasteiger partial charge in [-0.3, -0.25) is 4.79 Å². The van der Waals surface area contributed by atoms with Gasteiger partial charge in [-0.1, -0.05) is 11.6 Å².